The Balaban J connectivity index is 2.14. The number of aromatic nitrogens is 1. The molecule has 0 fully saturated rings. The molecule has 0 aliphatic heterocycles. The van der Waals surface area contributed by atoms with Crippen LogP contribution >= 0.6 is 11.3 Å². The standard InChI is InChI=1S/C11H11NOS/c1-9(13)11-2-4-12(7-11)6-10-3-5-14-8-10/h2-5,7-8H,6H2,1H3. The third-order valence-corrected chi connectivity index (χ3v) is 2.83. The summed E-state index contributed by atoms with van der Waals surface area (Å²) >= 11 is 1.69. The van der Waals surface area contributed by atoms with Gasteiger partial charge in [0.2, 0.25) is 0 Å². The van der Waals surface area contributed by atoms with E-state index in [9.17, 15) is 4.79 Å². The summed E-state index contributed by atoms with van der Waals surface area (Å²) in [7, 11) is 0. The molecule has 2 nitrogen and oxygen atoms in total. The number of carbonyl (C=O) groups is 1. The number of thiophene rings is 1. The van der Waals surface area contributed by atoms with Crippen molar-refractivity contribution >= 4 is 17.1 Å². The Morgan fingerprint density at radius 3 is 2.93 bits per heavy atom. The van der Waals surface area contributed by atoms with Gasteiger partial charge in [-0.15, -0.1) is 0 Å². The van der Waals surface area contributed by atoms with Gasteiger partial charge in [-0.05, 0) is 35.4 Å². The molecular formula is C11H11NOS. The lowest BCUT2D eigenvalue weighted by molar-refractivity contribution is 0.101. The average Bonchev–Trinajstić information content (AvgIpc) is 2.75. The van der Waals surface area contributed by atoms with E-state index in [1.165, 1.54) is 5.56 Å². The molecule has 0 aromatic carbocycles. The molecule has 3 heteroatoms. The molecule has 0 atom stereocenters. The highest BCUT2D eigenvalue weighted by Crippen LogP contribution is 2.10. The van der Waals surface area contributed by atoms with Gasteiger partial charge in [-0.3, -0.25) is 4.79 Å². The first-order valence-corrected chi connectivity index (χ1v) is 5.38. The van der Waals surface area contributed by atoms with Crippen molar-refractivity contribution in [3.05, 3.63) is 46.4 Å². The zero-order chi connectivity index (χ0) is 9.97. The van der Waals surface area contributed by atoms with Gasteiger partial charge in [0.1, 0.15) is 0 Å². The molecule has 0 unspecified atom stereocenters. The molecule has 0 saturated carbocycles. The van der Waals surface area contributed by atoms with Gasteiger partial charge >= 0.3 is 0 Å². The molecule has 2 aromatic rings. The van der Waals surface area contributed by atoms with Gasteiger partial charge in [-0.25, -0.2) is 0 Å². The normalized spacial score (nSPS) is 10.4. The Morgan fingerprint density at radius 1 is 1.50 bits per heavy atom. The topological polar surface area (TPSA) is 22.0 Å². The highest BCUT2D eigenvalue weighted by atomic mass is 32.1. The lowest BCUT2D eigenvalue weighted by Crippen LogP contribution is -1.95. The molecule has 0 saturated heterocycles. The van der Waals surface area contributed by atoms with E-state index >= 15 is 0 Å². The highest BCUT2D eigenvalue weighted by molar-refractivity contribution is 7.07. The van der Waals surface area contributed by atoms with Gasteiger partial charge in [0.05, 0.1) is 0 Å². The van der Waals surface area contributed by atoms with Gasteiger partial charge in [0, 0.05) is 24.5 Å². The largest absolute Gasteiger partial charge is 0.349 e. The van der Waals surface area contributed by atoms with Crippen molar-refractivity contribution < 1.29 is 4.79 Å². The molecular weight excluding hydrogens is 194 g/mol. The van der Waals surface area contributed by atoms with Crippen molar-refractivity contribution in [3.63, 3.8) is 0 Å². The summed E-state index contributed by atoms with van der Waals surface area (Å²) < 4.78 is 2.03. The molecule has 0 radical (unpaired) electrons. The zero-order valence-corrected chi connectivity index (χ0v) is 8.75. The monoisotopic (exact) mass is 205 g/mol. The summed E-state index contributed by atoms with van der Waals surface area (Å²) in [5.41, 5.74) is 2.06. The number of rotatable bonds is 3. The van der Waals surface area contributed by atoms with Gasteiger partial charge in [-0.2, -0.15) is 11.3 Å². The molecule has 72 valence electrons. The van der Waals surface area contributed by atoms with Crippen molar-refractivity contribution in [1.29, 1.82) is 0 Å². The van der Waals surface area contributed by atoms with E-state index in [2.05, 4.69) is 16.8 Å². The Hall–Kier alpha value is -1.35. The first-order valence-electron chi connectivity index (χ1n) is 4.43. The molecule has 2 rings (SSSR count). The smallest absolute Gasteiger partial charge is 0.161 e. The second-order valence-electron chi connectivity index (χ2n) is 3.26. The maximum atomic E-state index is 11.0. The van der Waals surface area contributed by atoms with E-state index < -0.39 is 0 Å². The Labute approximate surface area is 86.8 Å². The van der Waals surface area contributed by atoms with Gasteiger partial charge in [0.25, 0.3) is 0 Å². The SMILES string of the molecule is CC(=O)c1ccn(Cc2ccsc2)c1. The van der Waals surface area contributed by atoms with Crippen LogP contribution in [0.3, 0.4) is 0 Å². The Morgan fingerprint density at radius 2 is 2.36 bits per heavy atom. The maximum Gasteiger partial charge on any atom is 0.161 e. The Kier molecular flexibility index (Phi) is 2.50. The van der Waals surface area contributed by atoms with E-state index in [0.717, 1.165) is 12.1 Å². The number of nitrogens with zero attached hydrogens (tertiary/aromatic N) is 1. The number of ketones is 1. The minimum atomic E-state index is 0.120. The Bertz CT molecular complexity index is 428. The molecule has 14 heavy (non-hydrogen) atoms. The average molecular weight is 205 g/mol. The first-order chi connectivity index (χ1) is 6.75. The van der Waals surface area contributed by atoms with E-state index in [1.807, 2.05) is 23.0 Å². The van der Waals surface area contributed by atoms with Crippen molar-refractivity contribution in [1.82, 2.24) is 4.57 Å². The second-order valence-corrected chi connectivity index (χ2v) is 4.04. The van der Waals surface area contributed by atoms with Crippen LogP contribution in [0.2, 0.25) is 0 Å². The van der Waals surface area contributed by atoms with Crippen LogP contribution in [0.25, 0.3) is 0 Å². The number of carbonyl (C=O) groups excluding carboxylic acids is 1. The minimum absolute atomic E-state index is 0.120. The second kappa shape index (κ2) is 3.80. The molecule has 0 bridgehead atoms. The van der Waals surface area contributed by atoms with Gasteiger partial charge in [0.15, 0.2) is 5.78 Å². The van der Waals surface area contributed by atoms with Crippen molar-refractivity contribution in [3.8, 4) is 0 Å². The molecule has 0 N–H and O–H groups in total. The highest BCUT2D eigenvalue weighted by Gasteiger charge is 2.01. The zero-order valence-electron chi connectivity index (χ0n) is 7.93. The number of Topliss-reactive ketones (excluding diaryl/α,β-unsaturated/α-hetero) is 1. The quantitative estimate of drug-likeness (QED) is 0.706. The molecule has 2 aromatic heterocycles. The fourth-order valence-electron chi connectivity index (χ4n) is 1.34. The van der Waals surface area contributed by atoms with E-state index in [0.29, 0.717) is 0 Å². The fraction of sp³-hybridized carbons (Fsp3) is 0.182. The van der Waals surface area contributed by atoms with Gasteiger partial charge in [-0.1, -0.05) is 0 Å². The van der Waals surface area contributed by atoms with E-state index in [1.54, 1.807) is 18.3 Å². The number of hydrogen-bond acceptors (Lipinski definition) is 2. The summed E-state index contributed by atoms with van der Waals surface area (Å²) in [6.07, 6.45) is 3.83. The van der Waals surface area contributed by atoms with Crippen LogP contribution in [0.5, 0.6) is 0 Å². The first kappa shape index (κ1) is 9.21. The molecule has 0 amide bonds. The summed E-state index contributed by atoms with van der Waals surface area (Å²) in [5.74, 6) is 0.120. The van der Waals surface area contributed by atoms with Crippen LogP contribution in [-0.2, 0) is 6.54 Å². The summed E-state index contributed by atoms with van der Waals surface area (Å²) in [5, 5.41) is 4.18. The summed E-state index contributed by atoms with van der Waals surface area (Å²) in [4.78, 5) is 11.0. The van der Waals surface area contributed by atoms with Crippen LogP contribution < -0.4 is 0 Å². The maximum absolute atomic E-state index is 11.0. The third-order valence-electron chi connectivity index (χ3n) is 2.10. The van der Waals surface area contributed by atoms with E-state index in [4.69, 9.17) is 0 Å². The van der Waals surface area contributed by atoms with Crippen molar-refractivity contribution in [2.45, 2.75) is 13.5 Å². The summed E-state index contributed by atoms with van der Waals surface area (Å²) in [6.45, 7) is 2.43. The van der Waals surface area contributed by atoms with Crippen LogP contribution in [0.15, 0.2) is 35.3 Å². The predicted molar refractivity (Wildman–Crippen MR) is 57.9 cm³/mol. The minimum Gasteiger partial charge on any atom is -0.349 e. The van der Waals surface area contributed by atoms with Crippen molar-refractivity contribution in [2.24, 2.45) is 0 Å². The van der Waals surface area contributed by atoms with Crippen LogP contribution in [0.1, 0.15) is 22.8 Å². The molecule has 2 heterocycles. The van der Waals surface area contributed by atoms with Gasteiger partial charge < -0.3 is 4.57 Å². The molecule has 0 spiro atoms. The molecule has 0 aliphatic carbocycles. The van der Waals surface area contributed by atoms with E-state index in [-0.39, 0.29) is 5.78 Å². The lowest BCUT2D eigenvalue weighted by Gasteiger charge is -1.98. The predicted octanol–water partition coefficient (Wildman–Crippen LogP) is 2.80. The lowest BCUT2D eigenvalue weighted by atomic mass is 10.2. The summed E-state index contributed by atoms with van der Waals surface area (Å²) in [6, 6.07) is 3.95. The van der Waals surface area contributed by atoms with Crippen LogP contribution in [-0.4, -0.2) is 10.4 Å². The van der Waals surface area contributed by atoms with Crippen LogP contribution in [0, 0.1) is 0 Å². The molecule has 0 aliphatic rings. The fourth-order valence-corrected chi connectivity index (χ4v) is 2.00. The number of hydrogen-bond donors (Lipinski definition) is 0. The van der Waals surface area contributed by atoms with Crippen LogP contribution in [0.4, 0.5) is 0 Å². The van der Waals surface area contributed by atoms with Crippen molar-refractivity contribution in [2.75, 3.05) is 0 Å². The third kappa shape index (κ3) is 1.93.